The largest absolute Gasteiger partial charge is 0.381 e. The van der Waals surface area contributed by atoms with Gasteiger partial charge in [-0.1, -0.05) is 18.2 Å². The minimum Gasteiger partial charge on any atom is -0.381 e. The number of benzene rings is 1. The smallest absolute Gasteiger partial charge is 0.317 e. The van der Waals surface area contributed by atoms with Crippen LogP contribution < -0.4 is 5.32 Å². The standard InChI is InChI=1S/C21H29N5O2/c1-17(19-5-2-3-6-20(19)26-10-4-9-22-26)23-21(27)25-13-11-24(12-14-25)18-7-15-28-16-8-18/h2-6,9-10,17-18H,7-8,11-16H2,1H3,(H,23,27)/t17-/m1/s1. The molecular formula is C21H29N5O2. The van der Waals surface area contributed by atoms with E-state index in [1.807, 2.05) is 53.0 Å². The van der Waals surface area contributed by atoms with Gasteiger partial charge >= 0.3 is 6.03 Å². The summed E-state index contributed by atoms with van der Waals surface area (Å²) in [5.74, 6) is 0. The average Bonchev–Trinajstić information content (AvgIpc) is 3.29. The topological polar surface area (TPSA) is 62.6 Å². The first kappa shape index (κ1) is 19.0. The maximum Gasteiger partial charge on any atom is 0.317 e. The van der Waals surface area contributed by atoms with E-state index in [9.17, 15) is 4.79 Å². The monoisotopic (exact) mass is 383 g/mol. The summed E-state index contributed by atoms with van der Waals surface area (Å²) in [6.45, 7) is 7.18. The van der Waals surface area contributed by atoms with E-state index in [4.69, 9.17) is 4.74 Å². The van der Waals surface area contributed by atoms with Crippen molar-refractivity contribution in [3.63, 3.8) is 0 Å². The Bertz CT molecular complexity index is 765. The number of para-hydroxylation sites is 1. The van der Waals surface area contributed by atoms with Crippen LogP contribution in [-0.2, 0) is 4.74 Å². The fourth-order valence-electron chi connectivity index (χ4n) is 4.17. The summed E-state index contributed by atoms with van der Waals surface area (Å²) in [5, 5.41) is 7.50. The van der Waals surface area contributed by atoms with Crippen molar-refractivity contribution in [2.24, 2.45) is 0 Å². The lowest BCUT2D eigenvalue weighted by atomic mass is 10.1. The van der Waals surface area contributed by atoms with E-state index in [1.54, 1.807) is 6.20 Å². The quantitative estimate of drug-likeness (QED) is 0.881. The fraction of sp³-hybridized carbons (Fsp3) is 0.524. The first-order chi connectivity index (χ1) is 13.7. The molecule has 0 radical (unpaired) electrons. The predicted molar refractivity (Wildman–Crippen MR) is 107 cm³/mol. The zero-order valence-electron chi connectivity index (χ0n) is 16.5. The Hall–Kier alpha value is -2.38. The Morgan fingerprint density at radius 2 is 1.89 bits per heavy atom. The van der Waals surface area contributed by atoms with Crippen molar-refractivity contribution in [1.82, 2.24) is 24.9 Å². The van der Waals surface area contributed by atoms with Gasteiger partial charge in [0.05, 0.1) is 11.7 Å². The van der Waals surface area contributed by atoms with Crippen LogP contribution in [-0.4, -0.2) is 71.0 Å². The molecule has 4 rings (SSSR count). The molecule has 1 aromatic heterocycles. The van der Waals surface area contributed by atoms with Gasteiger partial charge in [-0.15, -0.1) is 0 Å². The van der Waals surface area contributed by atoms with Gasteiger partial charge in [-0.25, -0.2) is 9.48 Å². The molecule has 2 fully saturated rings. The lowest BCUT2D eigenvalue weighted by molar-refractivity contribution is 0.0186. The maximum absolute atomic E-state index is 12.8. The number of nitrogens with zero attached hydrogens (tertiary/aromatic N) is 4. The van der Waals surface area contributed by atoms with Crippen LogP contribution in [0.2, 0.25) is 0 Å². The second-order valence-corrected chi connectivity index (χ2v) is 7.55. The summed E-state index contributed by atoms with van der Waals surface area (Å²) in [5.41, 5.74) is 2.05. The van der Waals surface area contributed by atoms with E-state index >= 15 is 0 Å². The van der Waals surface area contributed by atoms with Crippen LogP contribution >= 0.6 is 0 Å². The number of aromatic nitrogens is 2. The van der Waals surface area contributed by atoms with Crippen LogP contribution in [0.25, 0.3) is 5.69 Å². The van der Waals surface area contributed by atoms with Crippen LogP contribution in [0.15, 0.2) is 42.7 Å². The Labute approximate surface area is 166 Å². The van der Waals surface area contributed by atoms with Gasteiger partial charge in [-0.2, -0.15) is 5.10 Å². The zero-order chi connectivity index (χ0) is 19.3. The molecule has 1 N–H and O–H groups in total. The fourth-order valence-corrected chi connectivity index (χ4v) is 4.17. The number of ether oxygens (including phenoxy) is 1. The Morgan fingerprint density at radius 3 is 2.61 bits per heavy atom. The van der Waals surface area contributed by atoms with Crippen molar-refractivity contribution in [2.75, 3.05) is 39.4 Å². The number of hydrogen-bond acceptors (Lipinski definition) is 4. The molecule has 2 amide bonds. The summed E-state index contributed by atoms with van der Waals surface area (Å²) in [6, 6.07) is 10.5. The van der Waals surface area contributed by atoms with Gasteiger partial charge in [0, 0.05) is 57.8 Å². The van der Waals surface area contributed by atoms with Crippen molar-refractivity contribution in [1.29, 1.82) is 0 Å². The highest BCUT2D eigenvalue weighted by molar-refractivity contribution is 5.75. The zero-order valence-corrected chi connectivity index (χ0v) is 16.5. The van der Waals surface area contributed by atoms with E-state index in [-0.39, 0.29) is 12.1 Å². The Balaban J connectivity index is 1.34. The van der Waals surface area contributed by atoms with Crippen molar-refractivity contribution in [3.8, 4) is 5.69 Å². The highest BCUT2D eigenvalue weighted by Gasteiger charge is 2.28. The SMILES string of the molecule is C[C@@H](NC(=O)N1CCN(C2CCOCC2)CC1)c1ccccc1-n1cccn1. The molecule has 2 saturated heterocycles. The van der Waals surface area contributed by atoms with Crippen molar-refractivity contribution in [2.45, 2.75) is 31.8 Å². The van der Waals surface area contributed by atoms with E-state index in [0.717, 1.165) is 63.5 Å². The summed E-state index contributed by atoms with van der Waals surface area (Å²) in [6.07, 6.45) is 5.89. The van der Waals surface area contributed by atoms with Crippen LogP contribution in [0.3, 0.4) is 0 Å². The number of carbonyl (C=O) groups excluding carboxylic acids is 1. The first-order valence-electron chi connectivity index (χ1n) is 10.2. The van der Waals surface area contributed by atoms with Crippen molar-refractivity contribution in [3.05, 3.63) is 48.3 Å². The lowest BCUT2D eigenvalue weighted by Gasteiger charge is -2.40. The highest BCUT2D eigenvalue weighted by Crippen LogP contribution is 2.22. The number of amides is 2. The van der Waals surface area contributed by atoms with E-state index in [1.165, 1.54) is 0 Å². The number of rotatable bonds is 4. The summed E-state index contributed by atoms with van der Waals surface area (Å²) < 4.78 is 7.30. The maximum atomic E-state index is 12.8. The Kier molecular flexibility index (Phi) is 5.92. The minimum atomic E-state index is -0.0959. The molecule has 2 aliphatic heterocycles. The van der Waals surface area contributed by atoms with Crippen molar-refractivity contribution < 1.29 is 9.53 Å². The third-order valence-electron chi connectivity index (χ3n) is 5.80. The second kappa shape index (κ2) is 8.75. The number of carbonyl (C=O) groups is 1. The molecule has 0 spiro atoms. The molecular weight excluding hydrogens is 354 g/mol. The third-order valence-corrected chi connectivity index (χ3v) is 5.80. The number of hydrogen-bond donors (Lipinski definition) is 1. The summed E-state index contributed by atoms with van der Waals surface area (Å²) >= 11 is 0. The lowest BCUT2D eigenvalue weighted by Crippen LogP contribution is -2.55. The number of piperazine rings is 1. The molecule has 2 aliphatic rings. The third kappa shape index (κ3) is 4.20. The molecule has 0 aliphatic carbocycles. The van der Waals surface area contributed by atoms with Gasteiger partial charge < -0.3 is 15.0 Å². The molecule has 28 heavy (non-hydrogen) atoms. The molecule has 3 heterocycles. The predicted octanol–water partition coefficient (Wildman–Crippen LogP) is 2.44. The second-order valence-electron chi connectivity index (χ2n) is 7.55. The van der Waals surface area contributed by atoms with Gasteiger partial charge in [0.2, 0.25) is 0 Å². The number of nitrogens with one attached hydrogen (secondary N) is 1. The van der Waals surface area contributed by atoms with Crippen LogP contribution in [0.4, 0.5) is 4.79 Å². The molecule has 0 bridgehead atoms. The molecule has 0 saturated carbocycles. The average molecular weight is 383 g/mol. The van der Waals surface area contributed by atoms with Crippen LogP contribution in [0.1, 0.15) is 31.4 Å². The molecule has 2 aromatic rings. The van der Waals surface area contributed by atoms with Gasteiger partial charge in [0.1, 0.15) is 0 Å². The van der Waals surface area contributed by atoms with E-state index < -0.39 is 0 Å². The van der Waals surface area contributed by atoms with Gasteiger partial charge in [0.15, 0.2) is 0 Å². The molecule has 0 unspecified atom stereocenters. The first-order valence-corrected chi connectivity index (χ1v) is 10.2. The summed E-state index contributed by atoms with van der Waals surface area (Å²) in [7, 11) is 0. The van der Waals surface area contributed by atoms with E-state index in [2.05, 4.69) is 15.3 Å². The van der Waals surface area contributed by atoms with Crippen LogP contribution in [0, 0.1) is 0 Å². The van der Waals surface area contributed by atoms with Gasteiger partial charge in [-0.3, -0.25) is 4.90 Å². The molecule has 7 heteroatoms. The molecule has 1 atom stereocenters. The molecule has 150 valence electrons. The van der Waals surface area contributed by atoms with Crippen molar-refractivity contribution >= 4 is 6.03 Å². The highest BCUT2D eigenvalue weighted by atomic mass is 16.5. The Morgan fingerprint density at radius 1 is 1.14 bits per heavy atom. The molecule has 1 aromatic carbocycles. The van der Waals surface area contributed by atoms with Gasteiger partial charge in [0.25, 0.3) is 0 Å². The van der Waals surface area contributed by atoms with Crippen LogP contribution in [0.5, 0.6) is 0 Å². The van der Waals surface area contributed by atoms with Gasteiger partial charge in [-0.05, 0) is 37.5 Å². The number of urea groups is 1. The normalized spacial score (nSPS) is 20.1. The minimum absolute atomic E-state index is 0.00870. The summed E-state index contributed by atoms with van der Waals surface area (Å²) in [4.78, 5) is 17.3. The molecule has 7 nitrogen and oxygen atoms in total. The van der Waals surface area contributed by atoms with E-state index in [0.29, 0.717) is 6.04 Å².